The quantitative estimate of drug-likeness (QED) is 0.694. The zero-order valence-corrected chi connectivity index (χ0v) is 19.6. The number of nitrogens with two attached hydrogens (primary N) is 1. The fourth-order valence-corrected chi connectivity index (χ4v) is 6.50. The van der Waals surface area contributed by atoms with Gasteiger partial charge in [0.05, 0.1) is 6.04 Å². The van der Waals surface area contributed by atoms with Crippen LogP contribution in [0.3, 0.4) is 0 Å². The van der Waals surface area contributed by atoms with Gasteiger partial charge in [-0.3, -0.25) is 14.6 Å². The highest BCUT2D eigenvalue weighted by Gasteiger charge is 2.51. The van der Waals surface area contributed by atoms with Gasteiger partial charge in [-0.15, -0.1) is 0 Å². The minimum atomic E-state index is -4.05. The molecule has 0 spiro atoms. The lowest BCUT2D eigenvalue weighted by atomic mass is 9.96. The molecule has 4 rings (SSSR count). The van der Waals surface area contributed by atoms with E-state index in [4.69, 9.17) is 5.73 Å². The van der Waals surface area contributed by atoms with Gasteiger partial charge in [-0.05, 0) is 11.1 Å². The first-order valence-corrected chi connectivity index (χ1v) is 12.4. The number of imide groups is 1. The van der Waals surface area contributed by atoms with E-state index >= 15 is 0 Å². The maximum absolute atomic E-state index is 13.4. The Morgan fingerprint density at radius 3 is 1.82 bits per heavy atom. The van der Waals surface area contributed by atoms with Crippen molar-refractivity contribution in [2.45, 2.75) is 17.5 Å². The Bertz CT molecular complexity index is 1060. The average molecular weight is 472 g/mol. The Hall–Kier alpha value is -2.79. The molecule has 2 aliphatic heterocycles. The topological polar surface area (TPSA) is 107 Å². The molecule has 0 aliphatic carbocycles. The molecule has 2 aromatic rings. The summed E-state index contributed by atoms with van der Waals surface area (Å²) in [5.74, 6) is -0.792. The summed E-state index contributed by atoms with van der Waals surface area (Å²) < 4.78 is 28.2. The molecule has 2 atom stereocenters. The first kappa shape index (κ1) is 23.4. The van der Waals surface area contributed by atoms with Gasteiger partial charge in [-0.2, -0.15) is 4.31 Å². The SMILES string of the molecule is CN1C(=O)C(S(=O)(=O)N2CCN(C(c3ccccc3)c3ccccc3)CC2)C(N)N(C)C1=O. The number of nitrogens with zero attached hydrogens (tertiary/aromatic N) is 4. The Balaban J connectivity index is 1.55. The predicted octanol–water partition coefficient (Wildman–Crippen LogP) is 0.901. The number of benzene rings is 2. The highest BCUT2D eigenvalue weighted by molar-refractivity contribution is 7.90. The Morgan fingerprint density at radius 1 is 0.848 bits per heavy atom. The van der Waals surface area contributed by atoms with Crippen molar-refractivity contribution in [1.82, 2.24) is 19.0 Å². The van der Waals surface area contributed by atoms with Crippen molar-refractivity contribution < 1.29 is 18.0 Å². The second-order valence-electron chi connectivity index (χ2n) is 8.41. The molecule has 2 fully saturated rings. The van der Waals surface area contributed by atoms with Gasteiger partial charge >= 0.3 is 6.03 Å². The molecule has 2 heterocycles. The van der Waals surface area contributed by atoms with Crippen molar-refractivity contribution in [3.05, 3.63) is 71.8 Å². The molecule has 0 aromatic heterocycles. The van der Waals surface area contributed by atoms with E-state index in [-0.39, 0.29) is 19.1 Å². The summed E-state index contributed by atoms with van der Waals surface area (Å²) in [6, 6.07) is 19.6. The van der Waals surface area contributed by atoms with Gasteiger partial charge in [0.1, 0.15) is 6.17 Å². The number of carbonyl (C=O) groups excluding carboxylic acids is 2. The maximum Gasteiger partial charge on any atom is 0.327 e. The number of hydrogen-bond donors (Lipinski definition) is 1. The first-order valence-electron chi connectivity index (χ1n) is 10.9. The number of urea groups is 1. The lowest BCUT2D eigenvalue weighted by Crippen LogP contribution is -2.69. The Labute approximate surface area is 194 Å². The van der Waals surface area contributed by atoms with Crippen molar-refractivity contribution >= 4 is 22.0 Å². The van der Waals surface area contributed by atoms with Gasteiger partial charge in [-0.25, -0.2) is 13.2 Å². The first-order chi connectivity index (χ1) is 15.7. The van der Waals surface area contributed by atoms with E-state index in [1.165, 1.54) is 18.4 Å². The van der Waals surface area contributed by atoms with Crippen molar-refractivity contribution in [3.63, 3.8) is 0 Å². The zero-order valence-electron chi connectivity index (χ0n) is 18.7. The minimum absolute atomic E-state index is 0.00860. The monoisotopic (exact) mass is 471 g/mol. The van der Waals surface area contributed by atoms with Gasteiger partial charge in [0.15, 0.2) is 5.25 Å². The third kappa shape index (κ3) is 4.26. The normalized spacial score (nSPS) is 23.4. The van der Waals surface area contributed by atoms with Crippen molar-refractivity contribution in [2.24, 2.45) is 5.73 Å². The van der Waals surface area contributed by atoms with Crippen LogP contribution in [0.1, 0.15) is 17.2 Å². The van der Waals surface area contributed by atoms with Gasteiger partial charge < -0.3 is 10.6 Å². The molecular weight excluding hydrogens is 442 g/mol. The summed E-state index contributed by atoms with van der Waals surface area (Å²) in [7, 11) is -1.38. The van der Waals surface area contributed by atoms with Crippen LogP contribution in [-0.2, 0) is 14.8 Å². The fraction of sp³-hybridized carbons (Fsp3) is 0.391. The molecule has 2 aromatic carbocycles. The summed E-state index contributed by atoms with van der Waals surface area (Å²) in [5.41, 5.74) is 8.29. The van der Waals surface area contributed by atoms with E-state index in [1.807, 2.05) is 36.4 Å². The summed E-state index contributed by atoms with van der Waals surface area (Å²) >= 11 is 0. The van der Waals surface area contributed by atoms with Crippen LogP contribution in [-0.4, -0.2) is 91.1 Å². The van der Waals surface area contributed by atoms with E-state index in [2.05, 4.69) is 29.2 Å². The minimum Gasteiger partial charge on any atom is -0.310 e. The third-order valence-electron chi connectivity index (χ3n) is 6.47. The molecule has 10 heteroatoms. The maximum atomic E-state index is 13.4. The van der Waals surface area contributed by atoms with Crippen molar-refractivity contribution in [2.75, 3.05) is 40.3 Å². The van der Waals surface area contributed by atoms with Gasteiger partial charge in [-0.1, -0.05) is 60.7 Å². The number of hydrogen-bond acceptors (Lipinski definition) is 6. The molecule has 2 N–H and O–H groups in total. The van der Waals surface area contributed by atoms with Crippen LogP contribution in [0.4, 0.5) is 4.79 Å². The summed E-state index contributed by atoms with van der Waals surface area (Å²) in [4.78, 5) is 29.0. The molecule has 3 amide bonds. The van der Waals surface area contributed by atoms with Crippen LogP contribution in [0.15, 0.2) is 60.7 Å². The molecule has 0 saturated carbocycles. The Morgan fingerprint density at radius 2 is 1.33 bits per heavy atom. The standard InChI is InChI=1S/C23H29N5O4S/c1-25-21(24)20(22(29)26(2)23(25)30)33(31,32)28-15-13-27(14-16-28)19(17-9-5-3-6-10-17)18-11-7-4-8-12-18/h3-12,19-21H,13-16,24H2,1-2H3. The van der Waals surface area contributed by atoms with E-state index < -0.39 is 33.4 Å². The van der Waals surface area contributed by atoms with Crippen molar-refractivity contribution in [1.29, 1.82) is 0 Å². The van der Waals surface area contributed by atoms with E-state index in [9.17, 15) is 18.0 Å². The predicted molar refractivity (Wildman–Crippen MR) is 124 cm³/mol. The smallest absolute Gasteiger partial charge is 0.310 e. The molecule has 2 saturated heterocycles. The number of sulfonamides is 1. The highest BCUT2D eigenvalue weighted by atomic mass is 32.2. The van der Waals surface area contributed by atoms with Crippen molar-refractivity contribution in [3.8, 4) is 0 Å². The second kappa shape index (κ2) is 9.22. The molecule has 0 radical (unpaired) electrons. The van der Waals surface area contributed by atoms with Crippen LogP contribution < -0.4 is 5.73 Å². The average Bonchev–Trinajstić information content (AvgIpc) is 2.83. The lowest BCUT2D eigenvalue weighted by Gasteiger charge is -2.43. The number of piperazine rings is 1. The molecule has 0 bridgehead atoms. The zero-order chi connectivity index (χ0) is 23.8. The second-order valence-corrected chi connectivity index (χ2v) is 10.5. The molecule has 2 aliphatic rings. The van der Waals surface area contributed by atoms with E-state index in [0.717, 1.165) is 20.9 Å². The summed E-state index contributed by atoms with van der Waals surface area (Å²) in [6.45, 7) is 1.45. The van der Waals surface area contributed by atoms with Gasteiger partial charge in [0.25, 0.3) is 5.91 Å². The van der Waals surface area contributed by atoms with Gasteiger partial charge in [0, 0.05) is 40.3 Å². The van der Waals surface area contributed by atoms with Crippen LogP contribution in [0.25, 0.3) is 0 Å². The molecule has 33 heavy (non-hydrogen) atoms. The number of amides is 3. The Kier molecular flexibility index (Phi) is 6.53. The molecular formula is C23H29N5O4S. The molecule has 2 unspecified atom stereocenters. The molecule has 9 nitrogen and oxygen atoms in total. The third-order valence-corrected chi connectivity index (χ3v) is 8.68. The lowest BCUT2D eigenvalue weighted by molar-refractivity contribution is -0.130. The fourth-order valence-electron chi connectivity index (χ4n) is 4.56. The van der Waals surface area contributed by atoms with Crippen LogP contribution in [0.2, 0.25) is 0 Å². The van der Waals surface area contributed by atoms with E-state index in [1.54, 1.807) is 0 Å². The number of carbonyl (C=O) groups is 2. The number of rotatable bonds is 5. The van der Waals surface area contributed by atoms with Crippen LogP contribution >= 0.6 is 0 Å². The van der Waals surface area contributed by atoms with Gasteiger partial charge in [0.2, 0.25) is 10.0 Å². The molecule has 176 valence electrons. The highest BCUT2D eigenvalue weighted by Crippen LogP contribution is 2.30. The van der Waals surface area contributed by atoms with Crippen LogP contribution in [0, 0.1) is 0 Å². The summed E-state index contributed by atoms with van der Waals surface area (Å²) in [5, 5.41) is -1.52. The summed E-state index contributed by atoms with van der Waals surface area (Å²) in [6.07, 6.45) is -1.23. The van der Waals surface area contributed by atoms with E-state index in [0.29, 0.717) is 13.1 Å². The van der Waals surface area contributed by atoms with Crippen LogP contribution in [0.5, 0.6) is 0 Å². The largest absolute Gasteiger partial charge is 0.327 e.